The molecule has 0 amide bonds. The van der Waals surface area contributed by atoms with Gasteiger partial charge in [-0.2, -0.15) is 0 Å². The Morgan fingerprint density at radius 2 is 2.16 bits per heavy atom. The molecule has 19 heavy (non-hydrogen) atoms. The van der Waals surface area contributed by atoms with E-state index in [4.69, 9.17) is 6.42 Å². The van der Waals surface area contributed by atoms with Crippen LogP contribution in [0.15, 0.2) is 22.7 Å². The Morgan fingerprint density at radius 1 is 1.42 bits per heavy atom. The van der Waals surface area contributed by atoms with E-state index in [1.807, 2.05) is 0 Å². The zero-order chi connectivity index (χ0) is 14.3. The smallest absolute Gasteiger partial charge is 0.0791 e. The van der Waals surface area contributed by atoms with Gasteiger partial charge in [-0.1, -0.05) is 35.7 Å². The van der Waals surface area contributed by atoms with Crippen molar-refractivity contribution in [3.8, 4) is 12.3 Å². The maximum atomic E-state index is 5.50. The summed E-state index contributed by atoms with van der Waals surface area (Å²) >= 11 is 3.56. The van der Waals surface area contributed by atoms with Crippen LogP contribution in [0.1, 0.15) is 38.8 Å². The van der Waals surface area contributed by atoms with Gasteiger partial charge in [0.15, 0.2) is 0 Å². The van der Waals surface area contributed by atoms with Crippen LogP contribution in [-0.2, 0) is 0 Å². The molecule has 1 unspecified atom stereocenters. The number of hydrogen-bond donors (Lipinski definition) is 1. The molecule has 1 rings (SSSR count). The average molecular weight is 323 g/mol. The molecule has 1 aromatic rings. The fourth-order valence-electron chi connectivity index (χ4n) is 2.24. The molecule has 104 valence electrons. The van der Waals surface area contributed by atoms with Crippen molar-refractivity contribution in [2.24, 2.45) is 0 Å². The Morgan fingerprint density at radius 3 is 2.74 bits per heavy atom. The quantitative estimate of drug-likeness (QED) is 0.764. The van der Waals surface area contributed by atoms with Crippen LogP contribution in [0.2, 0.25) is 0 Å². The monoisotopic (exact) mass is 322 g/mol. The number of nitrogens with zero attached hydrogens (tertiary/aromatic N) is 1. The van der Waals surface area contributed by atoms with E-state index in [1.165, 1.54) is 11.3 Å². The van der Waals surface area contributed by atoms with Crippen molar-refractivity contribution in [1.29, 1.82) is 0 Å². The van der Waals surface area contributed by atoms with Gasteiger partial charge < -0.3 is 10.2 Å². The lowest BCUT2D eigenvalue weighted by molar-refractivity contribution is 0.596. The Kier molecular flexibility index (Phi) is 6.97. The lowest BCUT2D eigenvalue weighted by atomic mass is 10.0. The summed E-state index contributed by atoms with van der Waals surface area (Å²) < 4.78 is 1.10. The van der Waals surface area contributed by atoms with Crippen LogP contribution < -0.4 is 10.2 Å². The summed E-state index contributed by atoms with van der Waals surface area (Å²) in [5.41, 5.74) is 2.52. The van der Waals surface area contributed by atoms with Crippen LogP contribution in [0.25, 0.3) is 0 Å². The molecule has 0 saturated heterocycles. The van der Waals surface area contributed by atoms with Gasteiger partial charge in [-0.05, 0) is 43.7 Å². The molecule has 0 fully saturated rings. The number of nitrogens with one attached hydrogen (secondary N) is 1. The number of rotatable bonds is 7. The molecule has 1 atom stereocenters. The van der Waals surface area contributed by atoms with E-state index >= 15 is 0 Å². The van der Waals surface area contributed by atoms with Gasteiger partial charge in [0.1, 0.15) is 0 Å². The third-order valence-corrected chi connectivity index (χ3v) is 3.58. The minimum atomic E-state index is 0.314. The maximum absolute atomic E-state index is 5.50. The van der Waals surface area contributed by atoms with Gasteiger partial charge in [0.05, 0.1) is 6.54 Å². The van der Waals surface area contributed by atoms with Crippen LogP contribution in [-0.4, -0.2) is 19.6 Å². The highest BCUT2D eigenvalue weighted by Gasteiger charge is 2.14. The van der Waals surface area contributed by atoms with Crippen LogP contribution in [0.3, 0.4) is 0 Å². The van der Waals surface area contributed by atoms with E-state index in [0.717, 1.165) is 24.0 Å². The maximum Gasteiger partial charge on any atom is 0.0791 e. The van der Waals surface area contributed by atoms with E-state index in [9.17, 15) is 0 Å². The van der Waals surface area contributed by atoms with Crippen molar-refractivity contribution in [1.82, 2.24) is 5.32 Å². The van der Waals surface area contributed by atoms with Gasteiger partial charge in [0.2, 0.25) is 0 Å². The standard InChI is InChI=1S/C16H23BrN2/c1-5-10-19(11-6-2)16-9-8-14(17)12-15(16)13(4)18-7-3/h1,8-9,12-13,18H,6-7,10-11H2,2-4H3. The Hall–Kier alpha value is -0.980. The third kappa shape index (κ3) is 4.56. The first kappa shape index (κ1) is 16.1. The molecule has 0 aromatic heterocycles. The van der Waals surface area contributed by atoms with Crippen LogP contribution in [0.5, 0.6) is 0 Å². The lowest BCUT2D eigenvalue weighted by Crippen LogP contribution is -2.28. The van der Waals surface area contributed by atoms with Crippen LogP contribution in [0.4, 0.5) is 5.69 Å². The second-order valence-electron chi connectivity index (χ2n) is 4.61. The van der Waals surface area contributed by atoms with Crippen molar-refractivity contribution in [2.75, 3.05) is 24.5 Å². The highest BCUT2D eigenvalue weighted by atomic mass is 79.9. The molecule has 2 nitrogen and oxygen atoms in total. The first-order chi connectivity index (χ1) is 9.13. The van der Waals surface area contributed by atoms with Gasteiger partial charge in [0.25, 0.3) is 0 Å². The molecular formula is C16H23BrN2. The summed E-state index contributed by atoms with van der Waals surface area (Å²) in [5, 5.41) is 3.47. The Labute approximate surface area is 125 Å². The van der Waals surface area contributed by atoms with E-state index in [-0.39, 0.29) is 0 Å². The number of hydrogen-bond acceptors (Lipinski definition) is 2. The van der Waals surface area contributed by atoms with Crippen molar-refractivity contribution < 1.29 is 0 Å². The van der Waals surface area contributed by atoms with Gasteiger partial charge in [-0.3, -0.25) is 0 Å². The molecule has 0 heterocycles. The van der Waals surface area contributed by atoms with Crippen LogP contribution >= 0.6 is 15.9 Å². The van der Waals surface area contributed by atoms with Gasteiger partial charge >= 0.3 is 0 Å². The molecular weight excluding hydrogens is 300 g/mol. The number of halogens is 1. The van der Waals surface area contributed by atoms with Crippen molar-refractivity contribution in [2.45, 2.75) is 33.2 Å². The fourth-order valence-corrected chi connectivity index (χ4v) is 2.62. The first-order valence-corrected chi connectivity index (χ1v) is 7.64. The highest BCUT2D eigenvalue weighted by molar-refractivity contribution is 9.10. The summed E-state index contributed by atoms with van der Waals surface area (Å²) in [6, 6.07) is 6.73. The predicted octanol–water partition coefficient (Wildman–Crippen LogP) is 3.97. The largest absolute Gasteiger partial charge is 0.360 e. The SMILES string of the molecule is C#CCN(CCC)c1ccc(Br)cc1C(C)NCC. The fraction of sp³-hybridized carbons (Fsp3) is 0.500. The zero-order valence-corrected chi connectivity index (χ0v) is 13.6. The summed E-state index contributed by atoms with van der Waals surface area (Å²) in [4.78, 5) is 2.27. The minimum Gasteiger partial charge on any atom is -0.360 e. The Bertz CT molecular complexity index is 437. The first-order valence-electron chi connectivity index (χ1n) is 6.85. The summed E-state index contributed by atoms with van der Waals surface area (Å²) in [6.07, 6.45) is 6.59. The van der Waals surface area contributed by atoms with E-state index in [1.54, 1.807) is 0 Å². The number of benzene rings is 1. The molecule has 0 saturated carbocycles. The molecule has 0 spiro atoms. The normalized spacial score (nSPS) is 11.9. The molecule has 1 aromatic carbocycles. The highest BCUT2D eigenvalue weighted by Crippen LogP contribution is 2.29. The second-order valence-corrected chi connectivity index (χ2v) is 5.52. The minimum absolute atomic E-state index is 0.314. The average Bonchev–Trinajstić information content (AvgIpc) is 2.39. The van der Waals surface area contributed by atoms with Crippen molar-refractivity contribution in [3.05, 3.63) is 28.2 Å². The van der Waals surface area contributed by atoms with Crippen molar-refractivity contribution >= 4 is 21.6 Å². The topological polar surface area (TPSA) is 15.3 Å². The number of terminal acetylenes is 1. The molecule has 1 N–H and O–H groups in total. The Balaban J connectivity index is 3.13. The molecule has 0 aliphatic rings. The van der Waals surface area contributed by atoms with Crippen LogP contribution in [0, 0.1) is 12.3 Å². The van der Waals surface area contributed by atoms with Gasteiger partial charge in [0, 0.05) is 22.7 Å². The number of anilines is 1. The van der Waals surface area contributed by atoms with Gasteiger partial charge in [-0.25, -0.2) is 0 Å². The van der Waals surface area contributed by atoms with Crippen molar-refractivity contribution in [3.63, 3.8) is 0 Å². The van der Waals surface area contributed by atoms with E-state index in [0.29, 0.717) is 12.6 Å². The molecule has 0 aliphatic carbocycles. The lowest BCUT2D eigenvalue weighted by Gasteiger charge is -2.27. The third-order valence-electron chi connectivity index (χ3n) is 3.08. The molecule has 0 radical (unpaired) electrons. The summed E-state index contributed by atoms with van der Waals surface area (Å²) in [5.74, 6) is 2.76. The molecule has 0 aliphatic heterocycles. The summed E-state index contributed by atoms with van der Waals surface area (Å²) in [6.45, 7) is 9.08. The summed E-state index contributed by atoms with van der Waals surface area (Å²) in [7, 11) is 0. The molecule has 3 heteroatoms. The van der Waals surface area contributed by atoms with E-state index in [2.05, 4.69) is 71.0 Å². The molecule has 0 bridgehead atoms. The second kappa shape index (κ2) is 8.24. The zero-order valence-electron chi connectivity index (χ0n) is 12.0. The predicted molar refractivity (Wildman–Crippen MR) is 87.6 cm³/mol. The van der Waals surface area contributed by atoms with E-state index < -0.39 is 0 Å². The van der Waals surface area contributed by atoms with Gasteiger partial charge in [-0.15, -0.1) is 6.42 Å².